The van der Waals surface area contributed by atoms with Gasteiger partial charge in [0, 0.05) is 42.7 Å². The van der Waals surface area contributed by atoms with Crippen molar-refractivity contribution in [3.8, 4) is 0 Å². The molecule has 5 heterocycles. The summed E-state index contributed by atoms with van der Waals surface area (Å²) in [5, 5.41) is 12.0. The molecule has 0 saturated carbocycles. The van der Waals surface area contributed by atoms with E-state index >= 15 is 0 Å². The van der Waals surface area contributed by atoms with Crippen LogP contribution in [0.5, 0.6) is 0 Å². The average molecular weight is 727 g/mol. The Morgan fingerprint density at radius 3 is 2.36 bits per heavy atom. The van der Waals surface area contributed by atoms with Gasteiger partial charge >= 0.3 is 0 Å². The number of piperidine rings is 1. The minimum Gasteiger partial charge on any atom is -0.359 e. The van der Waals surface area contributed by atoms with Crippen molar-refractivity contribution in [3.05, 3.63) is 76.9 Å². The van der Waals surface area contributed by atoms with Crippen LogP contribution in [-0.4, -0.2) is 65.6 Å². The Bertz CT molecular complexity index is 1710. The number of nitrogens with zero attached hydrogens (tertiary/aromatic N) is 2. The maximum absolute atomic E-state index is 14.5. The Kier molecular flexibility index (Phi) is 9.80. The van der Waals surface area contributed by atoms with Gasteiger partial charge in [0.25, 0.3) is 15.7 Å². The number of nitro benzene ring substituents is 1. The van der Waals surface area contributed by atoms with Gasteiger partial charge in [0.15, 0.2) is 10.7 Å². The molecule has 2 aromatic rings. The van der Waals surface area contributed by atoms with Crippen LogP contribution >= 0.6 is 11.8 Å². The largest absolute Gasteiger partial charge is 0.359 e. The number of sulfonamides is 1. The third-order valence-electron chi connectivity index (χ3n) is 11.5. The second kappa shape index (κ2) is 13.6. The minimum atomic E-state index is -4.32. The molecule has 50 heavy (non-hydrogen) atoms. The van der Waals surface area contributed by atoms with Crippen LogP contribution in [0.1, 0.15) is 73.1 Å². The van der Waals surface area contributed by atoms with Crippen molar-refractivity contribution in [2.45, 2.75) is 124 Å². The number of hydrogen-bond donors (Lipinski definition) is 0. The molecule has 2 aromatic carbocycles. The van der Waals surface area contributed by atoms with Crippen molar-refractivity contribution in [3.63, 3.8) is 0 Å². The van der Waals surface area contributed by atoms with Crippen molar-refractivity contribution in [1.82, 2.24) is 4.31 Å². The summed E-state index contributed by atoms with van der Waals surface area (Å²) >= 11 is 1.75. The molecule has 0 amide bonds. The molecular weight excluding hydrogens is 677 g/mol. The maximum Gasteiger partial charge on any atom is 0.289 e. The van der Waals surface area contributed by atoms with E-state index in [2.05, 4.69) is 39.5 Å². The van der Waals surface area contributed by atoms with Gasteiger partial charge in [-0.1, -0.05) is 83.3 Å². The zero-order valence-electron chi connectivity index (χ0n) is 29.6. The third kappa shape index (κ3) is 6.47. The van der Waals surface area contributed by atoms with E-state index in [9.17, 15) is 18.5 Å². The lowest BCUT2D eigenvalue weighted by Gasteiger charge is -2.52. The molecule has 5 aliphatic rings. The first-order chi connectivity index (χ1) is 23.7. The van der Waals surface area contributed by atoms with Crippen LogP contribution in [0.3, 0.4) is 0 Å². The molecule has 272 valence electrons. The molecule has 1 spiro atoms. The molecule has 5 saturated heterocycles. The molecule has 1 unspecified atom stereocenters. The van der Waals surface area contributed by atoms with Crippen LogP contribution in [0.2, 0.25) is 0 Å². The van der Waals surface area contributed by atoms with E-state index in [0.29, 0.717) is 25.2 Å². The van der Waals surface area contributed by atoms with Gasteiger partial charge in [-0.15, -0.1) is 0 Å². The Morgan fingerprint density at radius 1 is 0.920 bits per heavy atom. The van der Waals surface area contributed by atoms with Crippen molar-refractivity contribution in [2.24, 2.45) is 29.6 Å². The van der Waals surface area contributed by atoms with E-state index in [-0.39, 0.29) is 52.8 Å². The molecule has 12 atom stereocenters. The number of nitro groups is 1. The van der Waals surface area contributed by atoms with E-state index in [1.807, 2.05) is 32.0 Å². The second-order valence-corrected chi connectivity index (χ2v) is 18.8. The number of fused-ring (bicyclic) bond motifs is 4. The fraction of sp³-hybridized carbons (Fsp3) is 0.632. The summed E-state index contributed by atoms with van der Waals surface area (Å²) in [5.74, 6) is -0.143. The van der Waals surface area contributed by atoms with Gasteiger partial charge in [-0.3, -0.25) is 10.1 Å². The molecule has 5 aliphatic heterocycles. The first kappa shape index (κ1) is 36.1. The summed E-state index contributed by atoms with van der Waals surface area (Å²) in [4.78, 5) is 12.2. The van der Waals surface area contributed by atoms with E-state index in [1.165, 1.54) is 33.5 Å². The maximum atomic E-state index is 14.5. The molecule has 5 fully saturated rings. The summed E-state index contributed by atoms with van der Waals surface area (Å²) in [7, 11) is -4.32. The fourth-order valence-electron chi connectivity index (χ4n) is 9.51. The Balaban J connectivity index is 1.15. The van der Waals surface area contributed by atoms with Gasteiger partial charge in [0.2, 0.25) is 0 Å². The van der Waals surface area contributed by atoms with Gasteiger partial charge < -0.3 is 18.9 Å². The lowest BCUT2D eigenvalue weighted by atomic mass is 9.79. The van der Waals surface area contributed by atoms with Crippen molar-refractivity contribution >= 4 is 27.5 Å². The van der Waals surface area contributed by atoms with Gasteiger partial charge in [0.05, 0.1) is 23.2 Å². The smallest absolute Gasteiger partial charge is 0.289 e. The zero-order chi connectivity index (χ0) is 35.6. The lowest BCUT2D eigenvalue weighted by molar-refractivity contribution is -0.387. The topological polar surface area (TPSA) is 117 Å². The quantitative estimate of drug-likeness (QED) is 0.153. The summed E-state index contributed by atoms with van der Waals surface area (Å²) in [6.07, 6.45) is 2.67. The van der Waals surface area contributed by atoms with Gasteiger partial charge in [-0.05, 0) is 66.7 Å². The van der Waals surface area contributed by atoms with Crippen LogP contribution in [0, 0.1) is 39.7 Å². The van der Waals surface area contributed by atoms with Crippen LogP contribution < -0.4 is 0 Å². The highest BCUT2D eigenvalue weighted by atomic mass is 32.2. The van der Waals surface area contributed by atoms with Crippen LogP contribution in [0.25, 0.3) is 0 Å². The average Bonchev–Trinajstić information content (AvgIpc) is 3.44. The van der Waals surface area contributed by atoms with E-state index in [4.69, 9.17) is 18.9 Å². The Hall–Kier alpha value is -2.32. The molecule has 2 bridgehead atoms. The first-order valence-electron chi connectivity index (χ1n) is 18.1. The number of benzene rings is 2. The number of rotatable bonds is 8. The number of ether oxygens (including phenoxy) is 4. The van der Waals surface area contributed by atoms with Crippen molar-refractivity contribution < 1.29 is 32.3 Å². The molecule has 0 aromatic heterocycles. The minimum absolute atomic E-state index is 0.00454. The second-order valence-electron chi connectivity index (χ2n) is 15.8. The fourth-order valence-corrected chi connectivity index (χ4v) is 12.7. The summed E-state index contributed by atoms with van der Waals surface area (Å²) in [6, 6.07) is 15.9. The molecule has 0 aliphatic carbocycles. The molecule has 0 N–H and O–H groups in total. The number of hydrogen-bond acceptors (Lipinski definition) is 9. The number of thioether (sulfide) groups is 1. The summed E-state index contributed by atoms with van der Waals surface area (Å²) in [5.41, 5.74) is -0.728. The van der Waals surface area contributed by atoms with Crippen LogP contribution in [0.15, 0.2) is 76.5 Å². The third-order valence-corrected chi connectivity index (χ3v) is 14.8. The normalized spacial score (nSPS) is 40.3. The Labute approximate surface area is 300 Å². The number of para-hydroxylation sites is 1. The predicted molar refractivity (Wildman–Crippen MR) is 191 cm³/mol. The van der Waals surface area contributed by atoms with Gasteiger partial charge in [-0.2, -0.15) is 4.31 Å². The van der Waals surface area contributed by atoms with Crippen LogP contribution in [-0.2, 0) is 29.0 Å². The SMILES string of the molecule is C=C(C[C@@]12CC(C)C[C@@H](O1)[C@H]1O[C@@]3(C[C@H]1O2)[C@@H](C)C[C@@H](C)CN3S(=O)(=O)c1ccccc1[N+](=O)[O-])[C@H]1O[C@@H](Sc2ccccc2)[C@H](C)C[C@@H]1C. The molecule has 10 nitrogen and oxygen atoms in total. The van der Waals surface area contributed by atoms with Crippen molar-refractivity contribution in [1.29, 1.82) is 0 Å². The summed E-state index contributed by atoms with van der Waals surface area (Å²) < 4.78 is 58.0. The highest BCUT2D eigenvalue weighted by Gasteiger charge is 2.65. The lowest BCUT2D eigenvalue weighted by Crippen LogP contribution is -2.61. The van der Waals surface area contributed by atoms with E-state index in [1.54, 1.807) is 11.8 Å². The predicted octanol–water partition coefficient (Wildman–Crippen LogP) is 7.78. The molecular formula is C38H50N2O8S2. The molecule has 7 rings (SSSR count). The summed E-state index contributed by atoms with van der Waals surface area (Å²) in [6.45, 7) is 15.5. The zero-order valence-corrected chi connectivity index (χ0v) is 31.2. The first-order valence-corrected chi connectivity index (χ1v) is 20.4. The monoisotopic (exact) mass is 726 g/mol. The standard InChI is InChI=1S/C38H50N2O8S2/c1-23-17-31-35-32(21-38(48-35)28(6)16-24(2)22-39(38)50(43,44)33-15-11-10-14-30(33)40(41)42)47-37(19-23,46-31)20-27(5)34-25(3)18-26(4)36(45-34)49-29-12-8-7-9-13-29/h7-15,23-26,28,31-32,34-36H,5,16-22H2,1-4,6H3/t23?,24-,25+,26-,28+,31-,32-,34+,35-,36+,37+,38+/m1/s1. The Morgan fingerprint density at radius 2 is 1.62 bits per heavy atom. The van der Waals surface area contributed by atoms with Gasteiger partial charge in [-0.25, -0.2) is 8.42 Å². The van der Waals surface area contributed by atoms with Gasteiger partial charge in [0.1, 0.15) is 17.3 Å². The molecule has 12 heteroatoms. The highest BCUT2D eigenvalue weighted by molar-refractivity contribution is 7.99. The molecule has 0 radical (unpaired) electrons. The van der Waals surface area contributed by atoms with Crippen LogP contribution in [0.4, 0.5) is 5.69 Å². The van der Waals surface area contributed by atoms with Crippen molar-refractivity contribution in [2.75, 3.05) is 6.54 Å². The van der Waals surface area contributed by atoms with E-state index < -0.39 is 44.4 Å². The highest BCUT2D eigenvalue weighted by Crippen LogP contribution is 2.56. The van der Waals surface area contributed by atoms with E-state index in [0.717, 1.165) is 24.8 Å².